The van der Waals surface area contributed by atoms with Crippen molar-refractivity contribution >= 4 is 5.91 Å². The molecule has 4 heteroatoms. The molecule has 0 radical (unpaired) electrons. The van der Waals surface area contributed by atoms with Crippen molar-refractivity contribution in [2.45, 2.75) is 44.1 Å². The first-order chi connectivity index (χ1) is 6.72. The van der Waals surface area contributed by atoms with Crippen LogP contribution in [0.3, 0.4) is 0 Å². The summed E-state index contributed by atoms with van der Waals surface area (Å²) in [5.74, 6) is 0.0198. The number of rotatable bonds is 5. The lowest BCUT2D eigenvalue weighted by molar-refractivity contribution is -0.123. The van der Waals surface area contributed by atoms with Gasteiger partial charge in [-0.15, -0.1) is 0 Å². The summed E-state index contributed by atoms with van der Waals surface area (Å²) in [6.45, 7) is 0.598. The summed E-state index contributed by atoms with van der Waals surface area (Å²) in [4.78, 5) is 11.4. The molecule has 1 aliphatic rings. The molecule has 0 saturated heterocycles. The molecule has 4 N–H and O–H groups in total. The van der Waals surface area contributed by atoms with E-state index in [1.807, 2.05) is 0 Å². The molecular formula is C10H20N2O2. The predicted octanol–water partition coefficient (Wildman–Crippen LogP) is 0.147. The Morgan fingerprint density at radius 3 is 2.57 bits per heavy atom. The average molecular weight is 200 g/mol. The zero-order valence-electron chi connectivity index (χ0n) is 8.59. The third-order valence-corrected chi connectivity index (χ3v) is 2.88. The van der Waals surface area contributed by atoms with Crippen LogP contribution in [0.1, 0.15) is 38.5 Å². The van der Waals surface area contributed by atoms with Gasteiger partial charge in [-0.3, -0.25) is 4.79 Å². The van der Waals surface area contributed by atoms with Gasteiger partial charge in [0, 0.05) is 6.42 Å². The summed E-state index contributed by atoms with van der Waals surface area (Å²) in [7, 11) is 0. The molecule has 1 amide bonds. The van der Waals surface area contributed by atoms with Crippen molar-refractivity contribution in [1.29, 1.82) is 0 Å². The summed E-state index contributed by atoms with van der Waals surface area (Å²) >= 11 is 0. The van der Waals surface area contributed by atoms with Gasteiger partial charge in [0.25, 0.3) is 0 Å². The Morgan fingerprint density at radius 2 is 2.07 bits per heavy atom. The van der Waals surface area contributed by atoms with Crippen LogP contribution in [0.4, 0.5) is 0 Å². The van der Waals surface area contributed by atoms with Crippen molar-refractivity contribution in [3.8, 4) is 0 Å². The van der Waals surface area contributed by atoms with Crippen LogP contribution in [0.5, 0.6) is 0 Å². The van der Waals surface area contributed by atoms with E-state index >= 15 is 0 Å². The van der Waals surface area contributed by atoms with Crippen molar-refractivity contribution in [1.82, 2.24) is 5.32 Å². The highest BCUT2D eigenvalue weighted by Gasteiger charge is 2.34. The lowest BCUT2D eigenvalue weighted by Gasteiger charge is -2.27. The van der Waals surface area contributed by atoms with E-state index in [9.17, 15) is 9.90 Å². The van der Waals surface area contributed by atoms with Crippen molar-refractivity contribution < 1.29 is 9.90 Å². The van der Waals surface area contributed by atoms with Crippen LogP contribution in [0.2, 0.25) is 0 Å². The van der Waals surface area contributed by atoms with Gasteiger partial charge in [-0.25, -0.2) is 0 Å². The first kappa shape index (κ1) is 11.5. The second-order valence-electron chi connectivity index (χ2n) is 4.09. The lowest BCUT2D eigenvalue weighted by atomic mass is 9.98. The molecule has 0 unspecified atom stereocenters. The topological polar surface area (TPSA) is 75.4 Å². The van der Waals surface area contributed by atoms with Crippen molar-refractivity contribution in [2.24, 2.45) is 5.73 Å². The van der Waals surface area contributed by atoms with Gasteiger partial charge in [-0.05, 0) is 25.8 Å². The molecular weight excluding hydrogens is 180 g/mol. The first-order valence-corrected chi connectivity index (χ1v) is 5.34. The van der Waals surface area contributed by atoms with E-state index in [4.69, 9.17) is 5.73 Å². The van der Waals surface area contributed by atoms with Crippen LogP contribution < -0.4 is 11.1 Å². The normalized spacial score (nSPS) is 19.6. The molecule has 1 fully saturated rings. The summed E-state index contributed by atoms with van der Waals surface area (Å²) < 4.78 is 0. The minimum Gasteiger partial charge on any atom is -0.394 e. The number of nitrogens with one attached hydrogen (secondary N) is 1. The molecule has 0 spiro atoms. The van der Waals surface area contributed by atoms with Crippen LogP contribution in [0.25, 0.3) is 0 Å². The third-order valence-electron chi connectivity index (χ3n) is 2.88. The van der Waals surface area contributed by atoms with E-state index in [-0.39, 0.29) is 18.1 Å². The second kappa shape index (κ2) is 5.32. The number of aliphatic hydroxyl groups is 1. The molecule has 1 rings (SSSR count). The Bertz CT molecular complexity index is 189. The van der Waals surface area contributed by atoms with Gasteiger partial charge < -0.3 is 16.2 Å². The van der Waals surface area contributed by atoms with E-state index in [0.29, 0.717) is 19.4 Å². The van der Waals surface area contributed by atoms with Crippen LogP contribution in [-0.4, -0.2) is 29.7 Å². The largest absolute Gasteiger partial charge is 0.394 e. The Hall–Kier alpha value is -0.610. The highest BCUT2D eigenvalue weighted by atomic mass is 16.3. The monoisotopic (exact) mass is 200 g/mol. The molecule has 4 nitrogen and oxygen atoms in total. The molecule has 1 aliphatic carbocycles. The van der Waals surface area contributed by atoms with E-state index in [1.165, 1.54) is 0 Å². The zero-order chi connectivity index (χ0) is 10.4. The molecule has 0 atom stereocenters. The molecule has 0 aromatic carbocycles. The van der Waals surface area contributed by atoms with Crippen molar-refractivity contribution in [2.75, 3.05) is 13.2 Å². The van der Waals surface area contributed by atoms with Crippen molar-refractivity contribution in [3.63, 3.8) is 0 Å². The molecule has 82 valence electrons. The van der Waals surface area contributed by atoms with Gasteiger partial charge in [0.05, 0.1) is 12.1 Å². The summed E-state index contributed by atoms with van der Waals surface area (Å²) in [6, 6.07) is 0. The van der Waals surface area contributed by atoms with Gasteiger partial charge in [0.1, 0.15) is 0 Å². The quantitative estimate of drug-likeness (QED) is 0.591. The highest BCUT2D eigenvalue weighted by Crippen LogP contribution is 2.29. The van der Waals surface area contributed by atoms with Gasteiger partial charge in [0.2, 0.25) is 5.91 Å². The number of hydrogen-bond acceptors (Lipinski definition) is 3. The second-order valence-corrected chi connectivity index (χ2v) is 4.09. The Labute approximate surface area is 84.9 Å². The van der Waals surface area contributed by atoms with Crippen LogP contribution in [0.15, 0.2) is 0 Å². The number of hydrogen-bond donors (Lipinski definition) is 3. The molecule has 0 bridgehead atoms. The minimum absolute atomic E-state index is 0.0198. The van der Waals surface area contributed by atoms with Crippen LogP contribution in [-0.2, 0) is 4.79 Å². The summed E-state index contributed by atoms with van der Waals surface area (Å²) in [5, 5.41) is 12.2. The Morgan fingerprint density at radius 1 is 1.43 bits per heavy atom. The molecule has 0 aromatic rings. The Balaban J connectivity index is 2.36. The van der Waals surface area contributed by atoms with Gasteiger partial charge in [0.15, 0.2) is 0 Å². The Kier molecular flexibility index (Phi) is 4.35. The fraction of sp³-hybridized carbons (Fsp3) is 0.900. The van der Waals surface area contributed by atoms with Gasteiger partial charge in [-0.1, -0.05) is 12.8 Å². The average Bonchev–Trinajstić information content (AvgIpc) is 2.64. The highest BCUT2D eigenvalue weighted by molar-refractivity contribution is 5.76. The fourth-order valence-electron chi connectivity index (χ4n) is 2.00. The fourth-order valence-corrected chi connectivity index (χ4v) is 2.00. The zero-order valence-corrected chi connectivity index (χ0v) is 8.59. The van der Waals surface area contributed by atoms with E-state index in [2.05, 4.69) is 5.32 Å². The smallest absolute Gasteiger partial charge is 0.220 e. The maximum atomic E-state index is 11.4. The lowest BCUT2D eigenvalue weighted by Crippen LogP contribution is -2.49. The third kappa shape index (κ3) is 2.96. The van der Waals surface area contributed by atoms with E-state index < -0.39 is 0 Å². The molecule has 14 heavy (non-hydrogen) atoms. The standard InChI is InChI=1S/C10H20N2O2/c11-7-3-4-9(14)12-10(8-13)5-1-2-6-10/h13H,1-8,11H2,(H,12,14). The number of aliphatic hydroxyl groups excluding tert-OH is 1. The van der Waals surface area contributed by atoms with Crippen molar-refractivity contribution in [3.05, 3.63) is 0 Å². The summed E-state index contributed by atoms with van der Waals surface area (Å²) in [6.07, 6.45) is 5.18. The van der Waals surface area contributed by atoms with E-state index in [1.54, 1.807) is 0 Å². The van der Waals surface area contributed by atoms with Crippen LogP contribution >= 0.6 is 0 Å². The maximum absolute atomic E-state index is 11.4. The maximum Gasteiger partial charge on any atom is 0.220 e. The number of carbonyl (C=O) groups excluding carboxylic acids is 1. The number of nitrogens with two attached hydrogens (primary N) is 1. The molecule has 0 heterocycles. The SMILES string of the molecule is NCCCC(=O)NC1(CO)CCCC1. The number of amides is 1. The summed E-state index contributed by atoms with van der Waals surface area (Å²) in [5.41, 5.74) is 4.99. The van der Waals surface area contributed by atoms with E-state index in [0.717, 1.165) is 25.7 Å². The molecule has 0 aliphatic heterocycles. The van der Waals surface area contributed by atoms with Crippen LogP contribution in [0, 0.1) is 0 Å². The predicted molar refractivity (Wildman–Crippen MR) is 54.7 cm³/mol. The number of carbonyl (C=O) groups is 1. The first-order valence-electron chi connectivity index (χ1n) is 5.34. The minimum atomic E-state index is -0.328. The molecule has 0 aromatic heterocycles. The van der Waals surface area contributed by atoms with Gasteiger partial charge in [-0.2, -0.15) is 0 Å². The van der Waals surface area contributed by atoms with Gasteiger partial charge >= 0.3 is 0 Å². The molecule has 1 saturated carbocycles.